The normalized spacial score (nSPS) is 14.1. The van der Waals surface area contributed by atoms with E-state index < -0.39 is 13.5 Å². The van der Waals surface area contributed by atoms with Crippen molar-refractivity contribution in [3.05, 3.63) is 16.1 Å². The molecule has 0 amide bonds. The molecule has 0 aliphatic carbocycles. The molecule has 0 saturated carbocycles. The monoisotopic (exact) mass is 295 g/mol. The second-order valence-electron chi connectivity index (χ2n) is 3.98. The minimum Gasteiger partial charge on any atom is -0.307 e. The Balaban J connectivity index is 2.94. The molecule has 1 aromatic rings. The number of hydrogen-bond acceptors (Lipinski definition) is 5. The third-order valence-electron chi connectivity index (χ3n) is 2.23. The van der Waals surface area contributed by atoms with Crippen LogP contribution in [0.1, 0.15) is 50.2 Å². The van der Waals surface area contributed by atoms with Gasteiger partial charge in [0.15, 0.2) is 0 Å². The molecule has 1 atom stereocenters. The zero-order chi connectivity index (χ0) is 13.8. The van der Waals surface area contributed by atoms with Gasteiger partial charge in [0, 0.05) is 5.38 Å². The predicted octanol–water partition coefficient (Wildman–Crippen LogP) is 4.50. The van der Waals surface area contributed by atoms with Crippen LogP contribution in [0.25, 0.3) is 0 Å². The summed E-state index contributed by atoms with van der Waals surface area (Å²) >= 11 is 1.15. The Hall–Kier alpha value is -0.290. The van der Waals surface area contributed by atoms with Gasteiger partial charge >= 0.3 is 7.60 Å². The van der Waals surface area contributed by atoms with Crippen molar-refractivity contribution in [1.29, 1.82) is 0 Å². The summed E-state index contributed by atoms with van der Waals surface area (Å²) in [5.74, 6) is -1.60. The number of alkyl halides is 1. The lowest BCUT2D eigenvalue weighted by atomic mass is 10.2. The summed E-state index contributed by atoms with van der Waals surface area (Å²) in [6, 6.07) is 0. The molecule has 7 heteroatoms. The van der Waals surface area contributed by atoms with Crippen LogP contribution < -0.4 is 0 Å². The van der Waals surface area contributed by atoms with Crippen molar-refractivity contribution < 1.29 is 18.0 Å². The van der Waals surface area contributed by atoms with Crippen LogP contribution in [0.15, 0.2) is 5.38 Å². The lowest BCUT2D eigenvalue weighted by Gasteiger charge is -2.19. The molecular weight excluding hydrogens is 276 g/mol. The number of halogens is 1. The maximum atomic E-state index is 14.3. The van der Waals surface area contributed by atoms with Crippen molar-refractivity contribution in [2.75, 3.05) is 13.2 Å². The van der Waals surface area contributed by atoms with Crippen LogP contribution in [0.2, 0.25) is 0 Å². The molecule has 0 fully saturated rings. The van der Waals surface area contributed by atoms with Crippen molar-refractivity contribution in [1.82, 2.24) is 4.98 Å². The van der Waals surface area contributed by atoms with Gasteiger partial charge in [-0.2, -0.15) is 0 Å². The molecule has 0 aromatic carbocycles. The molecule has 1 unspecified atom stereocenters. The Bertz CT molecular complexity index is 414. The van der Waals surface area contributed by atoms with E-state index in [9.17, 15) is 8.96 Å². The Morgan fingerprint density at radius 1 is 1.39 bits per heavy atom. The van der Waals surface area contributed by atoms with Crippen molar-refractivity contribution in [2.45, 2.75) is 39.5 Å². The molecule has 1 heterocycles. The first-order valence-electron chi connectivity index (χ1n) is 5.92. The standard InChI is InChI=1S/C11H19FNO3PS/c1-5-15-17(14,16-6-2)10(12)11-13-9(7-18-11)8(3)4/h7-8,10H,5-6H2,1-4H3. The van der Waals surface area contributed by atoms with Crippen molar-refractivity contribution in [2.24, 2.45) is 0 Å². The Kier molecular flexibility index (Phi) is 5.92. The number of nitrogens with zero attached hydrogens (tertiary/aromatic N) is 1. The van der Waals surface area contributed by atoms with Gasteiger partial charge in [0.1, 0.15) is 5.01 Å². The highest BCUT2D eigenvalue weighted by molar-refractivity contribution is 7.54. The van der Waals surface area contributed by atoms with Crippen LogP contribution in [0.3, 0.4) is 0 Å². The van der Waals surface area contributed by atoms with Crippen LogP contribution >= 0.6 is 18.9 Å². The fourth-order valence-corrected chi connectivity index (χ4v) is 4.13. The lowest BCUT2D eigenvalue weighted by Crippen LogP contribution is -2.03. The van der Waals surface area contributed by atoms with E-state index in [1.54, 1.807) is 19.2 Å². The van der Waals surface area contributed by atoms with Crippen molar-refractivity contribution in [3.8, 4) is 0 Å². The summed E-state index contributed by atoms with van der Waals surface area (Å²) in [7, 11) is -3.77. The smallest absolute Gasteiger partial charge is 0.307 e. The number of aromatic nitrogens is 1. The molecule has 0 N–H and O–H groups in total. The van der Waals surface area contributed by atoms with Gasteiger partial charge in [0.2, 0.25) is 0 Å². The first-order valence-corrected chi connectivity index (χ1v) is 8.41. The molecule has 4 nitrogen and oxygen atoms in total. The lowest BCUT2D eigenvalue weighted by molar-refractivity contribution is 0.190. The largest absolute Gasteiger partial charge is 0.371 e. The van der Waals surface area contributed by atoms with E-state index >= 15 is 0 Å². The zero-order valence-corrected chi connectivity index (χ0v) is 12.8. The molecule has 1 rings (SSSR count). The second kappa shape index (κ2) is 6.75. The number of rotatable bonds is 7. The molecule has 18 heavy (non-hydrogen) atoms. The van der Waals surface area contributed by atoms with E-state index in [1.807, 2.05) is 13.8 Å². The van der Waals surface area contributed by atoms with Gasteiger partial charge in [-0.25, -0.2) is 9.37 Å². The van der Waals surface area contributed by atoms with Crippen LogP contribution in [-0.2, 0) is 13.6 Å². The first-order chi connectivity index (χ1) is 8.44. The van der Waals surface area contributed by atoms with Crippen molar-refractivity contribution >= 4 is 18.9 Å². The fraction of sp³-hybridized carbons (Fsp3) is 0.727. The summed E-state index contributed by atoms with van der Waals surface area (Å²) in [4.78, 5) is 4.15. The van der Waals surface area contributed by atoms with Gasteiger partial charge in [-0.15, -0.1) is 11.3 Å². The SMILES string of the molecule is CCOP(=O)(OCC)C(F)c1nc(C(C)C)cs1. The maximum absolute atomic E-state index is 14.3. The second-order valence-corrected chi connectivity index (χ2v) is 6.92. The fourth-order valence-electron chi connectivity index (χ4n) is 1.34. The van der Waals surface area contributed by atoms with E-state index in [1.165, 1.54) is 0 Å². The Morgan fingerprint density at radius 2 is 1.94 bits per heavy atom. The van der Waals surface area contributed by atoms with Gasteiger partial charge in [0.05, 0.1) is 18.9 Å². The molecule has 0 aliphatic heterocycles. The van der Waals surface area contributed by atoms with E-state index in [4.69, 9.17) is 9.05 Å². The van der Waals surface area contributed by atoms with Crippen LogP contribution in [0.4, 0.5) is 4.39 Å². The van der Waals surface area contributed by atoms with Gasteiger partial charge in [-0.05, 0) is 19.8 Å². The highest BCUT2D eigenvalue weighted by atomic mass is 32.1. The molecule has 0 aliphatic rings. The topological polar surface area (TPSA) is 48.4 Å². The quantitative estimate of drug-likeness (QED) is 0.695. The third-order valence-corrected chi connectivity index (χ3v) is 5.34. The molecular formula is C11H19FNO3PS. The average Bonchev–Trinajstić information content (AvgIpc) is 2.77. The highest BCUT2D eigenvalue weighted by Crippen LogP contribution is 2.62. The van der Waals surface area contributed by atoms with Crippen LogP contribution in [0, 0.1) is 0 Å². The van der Waals surface area contributed by atoms with E-state index in [2.05, 4.69) is 4.98 Å². The molecule has 0 bridgehead atoms. The Labute approximate surface area is 111 Å². The summed E-state index contributed by atoms with van der Waals surface area (Å²) < 4.78 is 36.5. The van der Waals surface area contributed by atoms with E-state index in [0.29, 0.717) is 0 Å². The summed E-state index contributed by atoms with van der Waals surface area (Å²) in [6.45, 7) is 7.52. The summed E-state index contributed by atoms with van der Waals surface area (Å²) in [6.07, 6.45) is 0. The van der Waals surface area contributed by atoms with E-state index in [0.717, 1.165) is 17.0 Å². The van der Waals surface area contributed by atoms with Gasteiger partial charge in [-0.3, -0.25) is 4.57 Å². The minimum atomic E-state index is -3.77. The molecule has 1 aromatic heterocycles. The molecule has 0 radical (unpaired) electrons. The van der Waals surface area contributed by atoms with Crippen LogP contribution in [-0.4, -0.2) is 18.2 Å². The van der Waals surface area contributed by atoms with Gasteiger partial charge < -0.3 is 9.05 Å². The molecule has 0 saturated heterocycles. The van der Waals surface area contributed by atoms with E-state index in [-0.39, 0.29) is 24.1 Å². The molecule has 104 valence electrons. The summed E-state index contributed by atoms with van der Waals surface area (Å²) in [5.41, 5.74) is 0.789. The number of thiazole rings is 1. The third kappa shape index (κ3) is 3.60. The molecule has 0 spiro atoms. The first kappa shape index (κ1) is 15.8. The zero-order valence-electron chi connectivity index (χ0n) is 11.1. The number of hydrogen-bond donors (Lipinski definition) is 0. The summed E-state index contributed by atoms with van der Waals surface area (Å²) in [5, 5.41) is 1.93. The minimum absolute atomic E-state index is 0.139. The van der Waals surface area contributed by atoms with Crippen molar-refractivity contribution in [3.63, 3.8) is 0 Å². The van der Waals surface area contributed by atoms with Crippen LogP contribution in [0.5, 0.6) is 0 Å². The van der Waals surface area contributed by atoms with Gasteiger partial charge in [-0.1, -0.05) is 13.8 Å². The highest BCUT2D eigenvalue weighted by Gasteiger charge is 2.39. The predicted molar refractivity (Wildman–Crippen MR) is 70.9 cm³/mol. The Morgan fingerprint density at radius 3 is 2.33 bits per heavy atom. The van der Waals surface area contributed by atoms with Gasteiger partial charge in [0.25, 0.3) is 5.91 Å². The maximum Gasteiger partial charge on any atom is 0.371 e. The average molecular weight is 295 g/mol.